The lowest BCUT2D eigenvalue weighted by Gasteiger charge is -2.25. The number of aliphatic carboxylic acids is 1. The third-order valence-corrected chi connectivity index (χ3v) is 2.81. The number of ether oxygens (including phenoxy) is 1. The van der Waals surface area contributed by atoms with Gasteiger partial charge in [0.2, 0.25) is 0 Å². The molecule has 2 amide bonds. The summed E-state index contributed by atoms with van der Waals surface area (Å²) >= 11 is 0. The van der Waals surface area contributed by atoms with Crippen LogP contribution in [-0.4, -0.2) is 54.2 Å². The molecule has 0 unspecified atom stereocenters. The van der Waals surface area contributed by atoms with E-state index >= 15 is 0 Å². The second kappa shape index (κ2) is 7.40. The Kier molecular flexibility index (Phi) is 5.84. The molecule has 1 aliphatic rings. The van der Waals surface area contributed by atoms with Crippen molar-refractivity contribution in [3.05, 3.63) is 12.2 Å². The van der Waals surface area contributed by atoms with Gasteiger partial charge in [-0.15, -0.1) is 0 Å². The van der Waals surface area contributed by atoms with Crippen molar-refractivity contribution in [2.24, 2.45) is 0 Å². The van der Waals surface area contributed by atoms with Crippen LogP contribution in [0.15, 0.2) is 12.2 Å². The number of methoxy groups -OCH3 is 1. The first-order valence-corrected chi connectivity index (χ1v) is 6.04. The Balaban J connectivity index is 2.48. The Bertz CT molecular complexity index is 380. The van der Waals surface area contributed by atoms with Gasteiger partial charge in [0.25, 0.3) is 0 Å². The summed E-state index contributed by atoms with van der Waals surface area (Å²) in [5.41, 5.74) is 0. The maximum atomic E-state index is 11.8. The summed E-state index contributed by atoms with van der Waals surface area (Å²) in [5, 5.41) is 11.4. The molecular formula is C12H18N2O5. The molecule has 0 aromatic carbocycles. The average Bonchev–Trinajstić information content (AvgIpc) is 2.43. The largest absolute Gasteiger partial charge is 0.480 e. The number of carbonyl (C=O) groups excluding carboxylic acids is 2. The zero-order chi connectivity index (χ0) is 14.3. The Hall–Kier alpha value is -2.05. The van der Waals surface area contributed by atoms with E-state index in [1.807, 2.05) is 12.2 Å². The van der Waals surface area contributed by atoms with Crippen molar-refractivity contribution in [2.75, 3.05) is 20.2 Å². The first-order valence-electron chi connectivity index (χ1n) is 6.04. The summed E-state index contributed by atoms with van der Waals surface area (Å²) in [6.07, 6.45) is 4.54. The molecule has 1 atom stereocenters. The first-order chi connectivity index (χ1) is 9.04. The molecule has 0 aromatic heterocycles. The number of amides is 2. The topological polar surface area (TPSA) is 95.9 Å². The van der Waals surface area contributed by atoms with Crippen LogP contribution in [0.5, 0.6) is 0 Å². The van der Waals surface area contributed by atoms with Crippen LogP contribution in [0.4, 0.5) is 4.79 Å². The summed E-state index contributed by atoms with van der Waals surface area (Å²) in [4.78, 5) is 35.3. The summed E-state index contributed by atoms with van der Waals surface area (Å²) < 4.78 is 4.44. The van der Waals surface area contributed by atoms with E-state index in [1.54, 1.807) is 0 Å². The van der Waals surface area contributed by atoms with Crippen LogP contribution in [0.3, 0.4) is 0 Å². The zero-order valence-electron chi connectivity index (χ0n) is 10.8. The highest BCUT2D eigenvalue weighted by Gasteiger charge is 2.24. The number of nitrogens with one attached hydrogen (secondary N) is 1. The summed E-state index contributed by atoms with van der Waals surface area (Å²) in [6.45, 7) is 1.03. The Labute approximate surface area is 111 Å². The number of esters is 1. The van der Waals surface area contributed by atoms with Crippen molar-refractivity contribution in [2.45, 2.75) is 25.3 Å². The van der Waals surface area contributed by atoms with Crippen molar-refractivity contribution in [3.63, 3.8) is 0 Å². The minimum Gasteiger partial charge on any atom is -0.480 e. The highest BCUT2D eigenvalue weighted by atomic mass is 16.5. The van der Waals surface area contributed by atoms with E-state index in [-0.39, 0.29) is 12.8 Å². The normalized spacial score (nSPS) is 15.7. The number of hydrogen-bond acceptors (Lipinski definition) is 4. The minimum absolute atomic E-state index is 0.0113. The van der Waals surface area contributed by atoms with Crippen LogP contribution in [0.1, 0.15) is 19.3 Å². The number of carboxylic acid groups (broad SMARTS) is 1. The summed E-state index contributed by atoms with van der Waals surface area (Å²) in [7, 11) is 1.23. The van der Waals surface area contributed by atoms with Crippen LogP contribution in [0.2, 0.25) is 0 Å². The number of hydrogen-bond donors (Lipinski definition) is 2. The molecule has 2 N–H and O–H groups in total. The van der Waals surface area contributed by atoms with Crippen LogP contribution in [0, 0.1) is 0 Å². The van der Waals surface area contributed by atoms with Crippen LogP contribution in [0.25, 0.3) is 0 Å². The van der Waals surface area contributed by atoms with E-state index < -0.39 is 24.0 Å². The lowest BCUT2D eigenvalue weighted by Crippen LogP contribution is -2.49. The van der Waals surface area contributed by atoms with Crippen LogP contribution in [-0.2, 0) is 14.3 Å². The number of carboxylic acids is 1. The zero-order valence-corrected chi connectivity index (χ0v) is 10.8. The molecular weight excluding hydrogens is 252 g/mol. The highest BCUT2D eigenvalue weighted by Crippen LogP contribution is 2.04. The van der Waals surface area contributed by atoms with Gasteiger partial charge in [-0.1, -0.05) is 12.2 Å². The fraction of sp³-hybridized carbons (Fsp3) is 0.583. The monoisotopic (exact) mass is 270 g/mol. The number of rotatable bonds is 5. The van der Waals surface area contributed by atoms with E-state index in [9.17, 15) is 14.4 Å². The molecule has 0 saturated carbocycles. The first kappa shape index (κ1) is 15.0. The second-order valence-electron chi connectivity index (χ2n) is 4.16. The van der Waals surface area contributed by atoms with Gasteiger partial charge in [-0.05, 0) is 12.8 Å². The third-order valence-electron chi connectivity index (χ3n) is 2.81. The highest BCUT2D eigenvalue weighted by molar-refractivity contribution is 5.83. The van der Waals surface area contributed by atoms with E-state index in [0.717, 1.165) is 6.42 Å². The molecule has 7 heteroatoms. The van der Waals surface area contributed by atoms with Gasteiger partial charge in [-0.3, -0.25) is 4.79 Å². The molecule has 0 aliphatic carbocycles. The molecule has 0 bridgehead atoms. The van der Waals surface area contributed by atoms with Gasteiger partial charge < -0.3 is 20.1 Å². The Morgan fingerprint density at radius 3 is 2.68 bits per heavy atom. The van der Waals surface area contributed by atoms with Crippen molar-refractivity contribution in [1.29, 1.82) is 0 Å². The number of nitrogens with zero attached hydrogens (tertiary/aromatic N) is 1. The molecule has 0 radical (unpaired) electrons. The Morgan fingerprint density at radius 1 is 1.42 bits per heavy atom. The SMILES string of the molecule is COC(=O)CC[C@@H](NC(=O)N1CC=CCC1)C(=O)O. The lowest BCUT2D eigenvalue weighted by atomic mass is 10.1. The quantitative estimate of drug-likeness (QED) is 0.555. The third kappa shape index (κ3) is 4.99. The predicted octanol–water partition coefficient (Wildman–Crippen LogP) is 0.364. The number of urea groups is 1. The van der Waals surface area contributed by atoms with Crippen molar-refractivity contribution in [1.82, 2.24) is 10.2 Å². The van der Waals surface area contributed by atoms with Crippen LogP contribution >= 0.6 is 0 Å². The van der Waals surface area contributed by atoms with Crippen molar-refractivity contribution >= 4 is 18.0 Å². The van der Waals surface area contributed by atoms with Crippen molar-refractivity contribution < 1.29 is 24.2 Å². The van der Waals surface area contributed by atoms with Gasteiger partial charge in [0.15, 0.2) is 0 Å². The number of carbonyl (C=O) groups is 3. The smallest absolute Gasteiger partial charge is 0.326 e. The molecule has 19 heavy (non-hydrogen) atoms. The second-order valence-corrected chi connectivity index (χ2v) is 4.16. The maximum Gasteiger partial charge on any atom is 0.326 e. The van der Waals surface area contributed by atoms with Gasteiger partial charge in [-0.25, -0.2) is 9.59 Å². The minimum atomic E-state index is -1.16. The molecule has 7 nitrogen and oxygen atoms in total. The van der Waals surface area contributed by atoms with E-state index in [1.165, 1.54) is 12.0 Å². The maximum absolute atomic E-state index is 11.8. The molecule has 106 valence electrons. The van der Waals surface area contributed by atoms with Gasteiger partial charge >= 0.3 is 18.0 Å². The Morgan fingerprint density at radius 2 is 2.16 bits per heavy atom. The lowest BCUT2D eigenvalue weighted by molar-refractivity contribution is -0.142. The molecule has 1 rings (SSSR count). The molecule has 1 heterocycles. The summed E-state index contributed by atoms with van der Waals surface area (Å²) in [5.74, 6) is -1.66. The van der Waals surface area contributed by atoms with Gasteiger partial charge in [0, 0.05) is 19.5 Å². The fourth-order valence-electron chi connectivity index (χ4n) is 1.69. The molecule has 0 saturated heterocycles. The molecule has 0 spiro atoms. The fourth-order valence-corrected chi connectivity index (χ4v) is 1.69. The van der Waals surface area contributed by atoms with E-state index in [2.05, 4.69) is 10.1 Å². The molecule has 0 aromatic rings. The predicted molar refractivity (Wildman–Crippen MR) is 66.5 cm³/mol. The van der Waals surface area contributed by atoms with E-state index in [0.29, 0.717) is 13.1 Å². The average molecular weight is 270 g/mol. The van der Waals surface area contributed by atoms with E-state index in [4.69, 9.17) is 5.11 Å². The summed E-state index contributed by atoms with van der Waals surface area (Å²) in [6, 6.07) is -1.51. The van der Waals surface area contributed by atoms with Gasteiger partial charge in [0.05, 0.1) is 7.11 Å². The molecule has 1 aliphatic heterocycles. The van der Waals surface area contributed by atoms with Gasteiger partial charge in [0.1, 0.15) is 6.04 Å². The van der Waals surface area contributed by atoms with Gasteiger partial charge in [-0.2, -0.15) is 0 Å². The standard InChI is InChI=1S/C12H18N2O5/c1-19-10(15)6-5-9(11(16)17)13-12(18)14-7-3-2-4-8-14/h2-3,9H,4-8H2,1H3,(H,13,18)(H,16,17)/t9-/m1/s1. The molecule has 0 fully saturated rings. The van der Waals surface area contributed by atoms with Crippen molar-refractivity contribution in [3.8, 4) is 0 Å². The van der Waals surface area contributed by atoms with Crippen LogP contribution < -0.4 is 5.32 Å².